The van der Waals surface area contributed by atoms with Gasteiger partial charge in [-0.25, -0.2) is 9.97 Å². The van der Waals surface area contributed by atoms with Crippen LogP contribution in [0, 0.1) is 0 Å². The molecule has 1 aliphatic rings. The lowest BCUT2D eigenvalue weighted by Crippen LogP contribution is -2.36. The Morgan fingerprint density at radius 1 is 1.21 bits per heavy atom. The van der Waals surface area contributed by atoms with Crippen LogP contribution in [-0.4, -0.2) is 42.9 Å². The summed E-state index contributed by atoms with van der Waals surface area (Å²) in [4.78, 5) is 11.6. The van der Waals surface area contributed by atoms with Gasteiger partial charge >= 0.3 is 0 Å². The molecule has 3 heterocycles. The summed E-state index contributed by atoms with van der Waals surface area (Å²) >= 11 is 0. The molecule has 0 spiro atoms. The molecule has 24 heavy (non-hydrogen) atoms. The first kappa shape index (κ1) is 16.8. The van der Waals surface area contributed by atoms with Crippen LogP contribution in [0.1, 0.15) is 55.8 Å². The van der Waals surface area contributed by atoms with Crippen LogP contribution in [0.2, 0.25) is 0 Å². The first-order chi connectivity index (χ1) is 11.7. The number of aliphatic hydroxyl groups is 1. The van der Waals surface area contributed by atoms with Crippen molar-refractivity contribution in [2.45, 2.75) is 52.1 Å². The summed E-state index contributed by atoms with van der Waals surface area (Å²) in [6, 6.07) is 2.11. The predicted octanol–water partition coefficient (Wildman–Crippen LogP) is 1.61. The van der Waals surface area contributed by atoms with Crippen molar-refractivity contribution in [3.8, 4) is 0 Å². The third-order valence-corrected chi connectivity index (χ3v) is 4.74. The van der Waals surface area contributed by atoms with Gasteiger partial charge in [0.2, 0.25) is 0 Å². The van der Waals surface area contributed by atoms with E-state index in [0.29, 0.717) is 11.7 Å². The van der Waals surface area contributed by atoms with Gasteiger partial charge in [0, 0.05) is 44.2 Å². The van der Waals surface area contributed by atoms with E-state index >= 15 is 0 Å². The second kappa shape index (κ2) is 7.25. The highest BCUT2D eigenvalue weighted by atomic mass is 16.3. The lowest BCUT2D eigenvalue weighted by Gasteiger charge is -2.33. The van der Waals surface area contributed by atoms with E-state index in [1.165, 1.54) is 0 Å². The predicted molar refractivity (Wildman–Crippen MR) is 91.9 cm³/mol. The topological polar surface area (TPSA) is 80.0 Å². The van der Waals surface area contributed by atoms with E-state index in [1.54, 1.807) is 0 Å². The molecule has 0 saturated carbocycles. The minimum absolute atomic E-state index is 0.0778. The number of nitrogens with zero attached hydrogens (tertiary/aromatic N) is 6. The molecule has 2 aromatic heterocycles. The Labute approximate surface area is 142 Å². The van der Waals surface area contributed by atoms with Crippen molar-refractivity contribution in [2.24, 2.45) is 7.05 Å². The van der Waals surface area contributed by atoms with Crippen molar-refractivity contribution in [1.82, 2.24) is 24.7 Å². The highest BCUT2D eigenvalue weighted by Crippen LogP contribution is 2.28. The van der Waals surface area contributed by atoms with Gasteiger partial charge in [-0.1, -0.05) is 13.8 Å². The summed E-state index contributed by atoms with van der Waals surface area (Å²) in [5.41, 5.74) is 1.10. The van der Waals surface area contributed by atoms with Crippen molar-refractivity contribution >= 4 is 5.82 Å². The average molecular weight is 330 g/mol. The Kier molecular flexibility index (Phi) is 5.08. The van der Waals surface area contributed by atoms with Crippen molar-refractivity contribution in [3.05, 3.63) is 29.2 Å². The molecule has 0 aromatic carbocycles. The Hall–Kier alpha value is -2.02. The molecular weight excluding hydrogens is 304 g/mol. The van der Waals surface area contributed by atoms with E-state index in [4.69, 9.17) is 4.98 Å². The molecule has 1 saturated heterocycles. The summed E-state index contributed by atoms with van der Waals surface area (Å²) in [5.74, 6) is 3.80. The van der Waals surface area contributed by atoms with Crippen molar-refractivity contribution < 1.29 is 5.11 Å². The summed E-state index contributed by atoms with van der Waals surface area (Å²) in [7, 11) is 1.93. The zero-order chi connectivity index (χ0) is 17.1. The fourth-order valence-electron chi connectivity index (χ4n) is 3.30. The number of hydrogen-bond acceptors (Lipinski definition) is 6. The van der Waals surface area contributed by atoms with Gasteiger partial charge in [-0.05, 0) is 19.3 Å². The van der Waals surface area contributed by atoms with E-state index in [9.17, 15) is 5.11 Å². The molecule has 0 radical (unpaired) electrons. The molecule has 1 fully saturated rings. The Morgan fingerprint density at radius 2 is 2.04 bits per heavy atom. The number of rotatable bonds is 5. The second-order valence-electron chi connectivity index (χ2n) is 6.32. The molecule has 1 aliphatic heterocycles. The molecule has 3 rings (SSSR count). The van der Waals surface area contributed by atoms with Crippen LogP contribution in [-0.2, 0) is 26.5 Å². The monoisotopic (exact) mass is 330 g/mol. The number of piperidine rings is 1. The molecule has 0 aliphatic carbocycles. The number of aliphatic hydroxyl groups excluding tert-OH is 1. The highest BCUT2D eigenvalue weighted by molar-refractivity contribution is 5.41. The molecular formula is C17H26N6O. The lowest BCUT2D eigenvalue weighted by atomic mass is 9.97. The van der Waals surface area contributed by atoms with Gasteiger partial charge in [0.15, 0.2) is 5.82 Å². The second-order valence-corrected chi connectivity index (χ2v) is 6.32. The number of aromatic nitrogens is 5. The SMILES string of the molecule is CCc1cc(N2CCCC(c3nnc(CO)n3C)C2)nc(CC)n1. The van der Waals surface area contributed by atoms with Crippen LogP contribution in [0.25, 0.3) is 0 Å². The van der Waals surface area contributed by atoms with Crippen LogP contribution in [0.4, 0.5) is 5.82 Å². The Morgan fingerprint density at radius 3 is 2.71 bits per heavy atom. The van der Waals surface area contributed by atoms with Gasteiger partial charge < -0.3 is 14.6 Å². The van der Waals surface area contributed by atoms with Gasteiger partial charge in [0.25, 0.3) is 0 Å². The molecule has 7 heteroatoms. The summed E-state index contributed by atoms with van der Waals surface area (Å²) in [5, 5.41) is 17.7. The fraction of sp³-hybridized carbons (Fsp3) is 0.647. The molecule has 1 N–H and O–H groups in total. The first-order valence-electron chi connectivity index (χ1n) is 8.77. The number of hydrogen-bond donors (Lipinski definition) is 1. The number of anilines is 1. The van der Waals surface area contributed by atoms with Crippen molar-refractivity contribution in [3.63, 3.8) is 0 Å². The van der Waals surface area contributed by atoms with E-state index < -0.39 is 0 Å². The minimum atomic E-state index is -0.0778. The Bertz CT molecular complexity index is 676. The standard InChI is InChI=1S/C17H26N6O/c1-4-13-9-15(19-14(5-2)18-13)23-8-6-7-12(10-23)17-21-20-16(11-24)22(17)3/h9,12,24H,4-8,10-11H2,1-3H3. The van der Waals surface area contributed by atoms with Gasteiger partial charge in [-0.2, -0.15) is 0 Å². The van der Waals surface area contributed by atoms with Gasteiger partial charge in [0.05, 0.1) is 0 Å². The van der Waals surface area contributed by atoms with E-state index in [1.807, 2.05) is 11.6 Å². The van der Waals surface area contributed by atoms with E-state index in [-0.39, 0.29) is 6.61 Å². The normalized spacial score (nSPS) is 18.2. The summed E-state index contributed by atoms with van der Waals surface area (Å²) < 4.78 is 1.92. The van der Waals surface area contributed by atoms with E-state index in [0.717, 1.165) is 61.9 Å². The van der Waals surface area contributed by atoms with Gasteiger partial charge in [-0.3, -0.25) is 0 Å². The molecule has 0 bridgehead atoms. The van der Waals surface area contributed by atoms with Crippen LogP contribution in [0.5, 0.6) is 0 Å². The Balaban J connectivity index is 1.84. The van der Waals surface area contributed by atoms with Crippen molar-refractivity contribution in [2.75, 3.05) is 18.0 Å². The van der Waals surface area contributed by atoms with Crippen LogP contribution >= 0.6 is 0 Å². The van der Waals surface area contributed by atoms with Gasteiger partial charge in [0.1, 0.15) is 24.1 Å². The lowest BCUT2D eigenvalue weighted by molar-refractivity contribution is 0.266. The number of aryl methyl sites for hydroxylation is 2. The molecule has 7 nitrogen and oxygen atoms in total. The minimum Gasteiger partial charge on any atom is -0.388 e. The zero-order valence-electron chi connectivity index (χ0n) is 14.7. The smallest absolute Gasteiger partial charge is 0.158 e. The maximum atomic E-state index is 9.32. The third kappa shape index (κ3) is 3.26. The molecule has 1 unspecified atom stereocenters. The maximum Gasteiger partial charge on any atom is 0.158 e. The van der Waals surface area contributed by atoms with Crippen LogP contribution < -0.4 is 4.90 Å². The van der Waals surface area contributed by atoms with Crippen LogP contribution in [0.3, 0.4) is 0 Å². The third-order valence-electron chi connectivity index (χ3n) is 4.74. The maximum absolute atomic E-state index is 9.32. The highest BCUT2D eigenvalue weighted by Gasteiger charge is 2.27. The molecule has 1 atom stereocenters. The molecule has 2 aromatic rings. The van der Waals surface area contributed by atoms with Crippen LogP contribution in [0.15, 0.2) is 6.07 Å². The fourth-order valence-corrected chi connectivity index (χ4v) is 3.30. The molecule has 130 valence electrons. The zero-order valence-corrected chi connectivity index (χ0v) is 14.7. The first-order valence-corrected chi connectivity index (χ1v) is 8.77. The van der Waals surface area contributed by atoms with Crippen molar-refractivity contribution in [1.29, 1.82) is 0 Å². The van der Waals surface area contributed by atoms with Gasteiger partial charge in [-0.15, -0.1) is 10.2 Å². The molecule has 0 amide bonds. The average Bonchev–Trinajstić information content (AvgIpc) is 3.01. The summed E-state index contributed by atoms with van der Waals surface area (Å²) in [6.07, 6.45) is 3.95. The van der Waals surface area contributed by atoms with E-state index in [2.05, 4.69) is 40.0 Å². The quantitative estimate of drug-likeness (QED) is 0.897. The largest absolute Gasteiger partial charge is 0.388 e. The summed E-state index contributed by atoms with van der Waals surface area (Å²) in [6.45, 7) is 6.02.